The summed E-state index contributed by atoms with van der Waals surface area (Å²) in [6.45, 7) is 1.89. The lowest BCUT2D eigenvalue weighted by molar-refractivity contribution is -0.0226. The molecule has 0 spiro atoms. The van der Waals surface area contributed by atoms with E-state index in [0.29, 0.717) is 45.0 Å². The number of nitrogens with one attached hydrogen (secondary N) is 1. The molecule has 4 aromatic rings. The van der Waals surface area contributed by atoms with Gasteiger partial charge in [-0.05, 0) is 61.5 Å². The molecule has 38 heavy (non-hydrogen) atoms. The third-order valence-corrected chi connectivity index (χ3v) is 7.41. The molecule has 3 atom stereocenters. The predicted octanol–water partition coefficient (Wildman–Crippen LogP) is 4.94. The molecule has 0 radical (unpaired) electrons. The summed E-state index contributed by atoms with van der Waals surface area (Å²) in [6.07, 6.45) is 0.633. The number of hydrogen-bond donors (Lipinski definition) is 2. The van der Waals surface area contributed by atoms with E-state index in [2.05, 4.69) is 5.32 Å². The van der Waals surface area contributed by atoms with E-state index in [1.54, 1.807) is 47.9 Å². The average Bonchev–Trinajstić information content (AvgIpc) is 3.22. The van der Waals surface area contributed by atoms with E-state index < -0.39 is 23.2 Å². The quantitative estimate of drug-likeness (QED) is 0.361. The van der Waals surface area contributed by atoms with Gasteiger partial charge in [-0.3, -0.25) is 9.10 Å². The van der Waals surface area contributed by atoms with Crippen LogP contribution in [0.2, 0.25) is 0 Å². The fourth-order valence-corrected chi connectivity index (χ4v) is 5.40. The van der Waals surface area contributed by atoms with E-state index in [0.717, 1.165) is 5.56 Å². The van der Waals surface area contributed by atoms with Gasteiger partial charge in [0.1, 0.15) is 39.6 Å². The summed E-state index contributed by atoms with van der Waals surface area (Å²) in [5, 5.41) is 13.0. The van der Waals surface area contributed by atoms with Crippen LogP contribution in [0.25, 0.3) is 22.3 Å². The van der Waals surface area contributed by atoms with Crippen LogP contribution >= 0.6 is 0 Å². The van der Waals surface area contributed by atoms with Gasteiger partial charge >= 0.3 is 0 Å². The van der Waals surface area contributed by atoms with E-state index in [1.807, 2.05) is 13.0 Å². The van der Waals surface area contributed by atoms with Crippen LogP contribution in [0.4, 0.5) is 10.1 Å². The summed E-state index contributed by atoms with van der Waals surface area (Å²) in [6, 6.07) is 16.3. The van der Waals surface area contributed by atoms with E-state index in [-0.39, 0.29) is 24.9 Å². The number of carbonyl (C=O) groups is 1. The van der Waals surface area contributed by atoms with Gasteiger partial charge in [-0.2, -0.15) is 0 Å². The summed E-state index contributed by atoms with van der Waals surface area (Å²) in [5.41, 5.74) is 2.87. The number of aliphatic hydroxyl groups is 1. The molecule has 1 aliphatic heterocycles. The number of fused-ring (bicyclic) bond motifs is 2. The zero-order valence-electron chi connectivity index (χ0n) is 21.1. The van der Waals surface area contributed by atoms with Crippen LogP contribution in [0.1, 0.15) is 28.9 Å². The highest BCUT2D eigenvalue weighted by molar-refractivity contribution is 7.85. The first-order chi connectivity index (χ1) is 18.3. The molecular formula is C28H27FN2O6S. The summed E-state index contributed by atoms with van der Waals surface area (Å²) >= 11 is 0. The number of amides is 1. The molecule has 2 heterocycles. The number of aliphatic hydroxyl groups excluding tert-OH is 1. The van der Waals surface area contributed by atoms with Crippen molar-refractivity contribution in [2.24, 2.45) is 0 Å². The van der Waals surface area contributed by atoms with Crippen LogP contribution in [0.3, 0.4) is 0 Å². The highest BCUT2D eigenvalue weighted by Gasteiger charge is 2.31. The molecule has 8 nitrogen and oxygen atoms in total. The Morgan fingerprint density at radius 1 is 1.16 bits per heavy atom. The first kappa shape index (κ1) is 25.9. The Morgan fingerprint density at radius 3 is 2.42 bits per heavy atom. The topological polar surface area (TPSA) is 101 Å². The summed E-state index contributed by atoms with van der Waals surface area (Å²) in [5.74, 6) is 0.734. The van der Waals surface area contributed by atoms with Gasteiger partial charge in [0.25, 0.3) is 5.91 Å². The molecule has 198 valence electrons. The van der Waals surface area contributed by atoms with Crippen molar-refractivity contribution >= 4 is 33.5 Å². The molecule has 2 N–H and O–H groups in total. The number of hydrogen-bond acceptors (Lipinski definition) is 6. The van der Waals surface area contributed by atoms with Gasteiger partial charge < -0.3 is 24.3 Å². The molecule has 1 aliphatic rings. The first-order valence-corrected chi connectivity index (χ1v) is 13.5. The molecule has 1 amide bonds. The second kappa shape index (κ2) is 10.6. The smallest absolute Gasteiger partial charge is 0.255 e. The summed E-state index contributed by atoms with van der Waals surface area (Å²) < 4.78 is 45.5. The van der Waals surface area contributed by atoms with E-state index in [4.69, 9.17) is 13.9 Å². The maximum atomic E-state index is 13.2. The molecule has 5 rings (SSSR count). The first-order valence-electron chi connectivity index (χ1n) is 12.0. The second-order valence-electron chi connectivity index (χ2n) is 8.94. The average molecular weight is 539 g/mol. The van der Waals surface area contributed by atoms with Crippen LogP contribution in [-0.4, -0.2) is 47.8 Å². The van der Waals surface area contributed by atoms with Gasteiger partial charge in [0.05, 0.1) is 36.6 Å². The minimum Gasteiger partial charge on any atom is -0.457 e. The van der Waals surface area contributed by atoms with Crippen molar-refractivity contribution in [3.05, 3.63) is 77.6 Å². The number of benzene rings is 3. The monoisotopic (exact) mass is 538 g/mol. The Bertz CT molecular complexity index is 1500. The number of halogens is 1. The van der Waals surface area contributed by atoms with Crippen molar-refractivity contribution in [3.63, 3.8) is 0 Å². The van der Waals surface area contributed by atoms with Crippen LogP contribution in [-0.2, 0) is 15.7 Å². The molecule has 1 aromatic heterocycles. The Labute approximate surface area is 221 Å². The molecule has 0 fully saturated rings. The van der Waals surface area contributed by atoms with Crippen molar-refractivity contribution in [1.29, 1.82) is 0 Å². The molecule has 2 unspecified atom stereocenters. The Hall–Kier alpha value is -3.73. The van der Waals surface area contributed by atoms with Gasteiger partial charge in [-0.15, -0.1) is 0 Å². The van der Waals surface area contributed by atoms with Crippen molar-refractivity contribution in [2.75, 3.05) is 30.8 Å². The maximum absolute atomic E-state index is 13.2. The Morgan fingerprint density at radius 2 is 1.82 bits per heavy atom. The third kappa shape index (κ3) is 4.90. The van der Waals surface area contributed by atoms with E-state index >= 15 is 0 Å². The highest BCUT2D eigenvalue weighted by atomic mass is 32.2. The van der Waals surface area contributed by atoms with E-state index in [1.165, 1.54) is 24.3 Å². The van der Waals surface area contributed by atoms with Crippen LogP contribution in [0, 0.1) is 5.82 Å². The number of nitrogens with zero attached hydrogens (tertiary/aromatic N) is 1. The fourth-order valence-electron chi connectivity index (χ4n) is 4.59. The standard InChI is InChI=1S/C28H27FN2O6S/c1-16-22-12-23-25(13-24(22)31(38(3)34)14-21(15-32)35-16)37-27(26(23)28(33)30-2)17-4-8-19(9-5-17)36-20-10-6-18(29)7-11-20/h4-13,16,21,32H,14-15H2,1-3H3,(H,30,33)/t16?,21-,38?/m1/s1. The van der Waals surface area contributed by atoms with Gasteiger partial charge in [0.2, 0.25) is 0 Å². The van der Waals surface area contributed by atoms with Crippen LogP contribution < -0.4 is 14.4 Å². The van der Waals surface area contributed by atoms with Gasteiger partial charge in [-0.1, -0.05) is 0 Å². The van der Waals surface area contributed by atoms with Gasteiger partial charge in [0, 0.05) is 35.9 Å². The van der Waals surface area contributed by atoms with E-state index in [9.17, 15) is 18.5 Å². The lowest BCUT2D eigenvalue weighted by Gasteiger charge is -2.23. The molecule has 0 bridgehead atoms. The lowest BCUT2D eigenvalue weighted by atomic mass is 10.0. The van der Waals surface area contributed by atoms with Crippen LogP contribution in [0.5, 0.6) is 11.5 Å². The minimum absolute atomic E-state index is 0.212. The molecule has 3 aromatic carbocycles. The fraction of sp³-hybridized carbons (Fsp3) is 0.250. The normalized spacial score (nSPS) is 18.1. The Kier molecular flexibility index (Phi) is 7.20. The highest BCUT2D eigenvalue weighted by Crippen LogP contribution is 2.42. The third-order valence-electron chi connectivity index (χ3n) is 6.44. The number of furan rings is 1. The molecule has 0 aliphatic carbocycles. The summed E-state index contributed by atoms with van der Waals surface area (Å²) in [7, 11) is 0.165. The van der Waals surface area contributed by atoms with Crippen molar-refractivity contribution in [2.45, 2.75) is 19.1 Å². The van der Waals surface area contributed by atoms with Crippen molar-refractivity contribution < 1.29 is 32.4 Å². The van der Waals surface area contributed by atoms with Crippen molar-refractivity contribution in [1.82, 2.24) is 5.32 Å². The minimum atomic E-state index is -1.38. The predicted molar refractivity (Wildman–Crippen MR) is 143 cm³/mol. The maximum Gasteiger partial charge on any atom is 0.255 e. The number of rotatable bonds is 6. The molecule has 10 heteroatoms. The number of ether oxygens (including phenoxy) is 2. The molecular weight excluding hydrogens is 511 g/mol. The van der Waals surface area contributed by atoms with Crippen molar-refractivity contribution in [3.8, 4) is 22.8 Å². The SMILES string of the molecule is CNC(=O)c1c(-c2ccc(Oc3ccc(F)cc3)cc2)oc2cc3c(cc12)C(C)O[C@@H](CO)CN3S(C)=O. The van der Waals surface area contributed by atoms with Gasteiger partial charge in [-0.25, -0.2) is 8.60 Å². The number of anilines is 1. The van der Waals surface area contributed by atoms with Gasteiger partial charge in [0.15, 0.2) is 0 Å². The Balaban J connectivity index is 1.59. The summed E-state index contributed by atoms with van der Waals surface area (Å²) in [4.78, 5) is 13.1. The number of carbonyl (C=O) groups excluding carboxylic acids is 1. The van der Waals surface area contributed by atoms with Crippen LogP contribution in [0.15, 0.2) is 65.1 Å². The lowest BCUT2D eigenvalue weighted by Crippen LogP contribution is -2.35. The zero-order chi connectivity index (χ0) is 27.0. The molecule has 0 saturated carbocycles. The molecule has 0 saturated heterocycles. The largest absolute Gasteiger partial charge is 0.457 e. The zero-order valence-corrected chi connectivity index (χ0v) is 21.9. The second-order valence-corrected chi connectivity index (χ2v) is 10.2.